The molecule has 3 aromatic rings. The summed E-state index contributed by atoms with van der Waals surface area (Å²) in [5, 5.41) is 11.9. The molecular formula is C19H14F3NO3. The van der Waals surface area contributed by atoms with Crippen molar-refractivity contribution >= 4 is 5.91 Å². The van der Waals surface area contributed by atoms with Gasteiger partial charge in [0.15, 0.2) is 5.76 Å². The largest absolute Gasteiger partial charge is 0.508 e. The van der Waals surface area contributed by atoms with Crippen LogP contribution >= 0.6 is 0 Å². The first-order valence-corrected chi connectivity index (χ1v) is 7.66. The number of halogens is 3. The SMILES string of the molecule is O=C(NCc1ccc(O)cc1)c1ccc(-c2cccc(C(F)(F)F)c2)o1. The van der Waals surface area contributed by atoms with Crippen LogP contribution in [0.2, 0.25) is 0 Å². The van der Waals surface area contributed by atoms with Crippen molar-refractivity contribution < 1.29 is 27.5 Å². The van der Waals surface area contributed by atoms with Gasteiger partial charge in [-0.05, 0) is 42.0 Å². The van der Waals surface area contributed by atoms with Crippen molar-refractivity contribution in [2.24, 2.45) is 0 Å². The zero-order chi connectivity index (χ0) is 18.7. The third-order valence-corrected chi connectivity index (χ3v) is 3.69. The minimum absolute atomic E-state index is 0.00353. The molecule has 7 heteroatoms. The first-order chi connectivity index (χ1) is 12.3. The van der Waals surface area contributed by atoms with Gasteiger partial charge in [0.2, 0.25) is 0 Å². The van der Waals surface area contributed by atoms with Crippen LogP contribution in [-0.2, 0) is 12.7 Å². The zero-order valence-corrected chi connectivity index (χ0v) is 13.4. The Morgan fingerprint density at radius 3 is 2.46 bits per heavy atom. The minimum Gasteiger partial charge on any atom is -0.508 e. The summed E-state index contributed by atoms with van der Waals surface area (Å²) in [6, 6.07) is 13.9. The Morgan fingerprint density at radius 2 is 1.77 bits per heavy atom. The number of alkyl halides is 3. The Kier molecular flexibility index (Phi) is 4.71. The predicted molar refractivity (Wildman–Crippen MR) is 88.4 cm³/mol. The summed E-state index contributed by atoms with van der Waals surface area (Å²) in [6.45, 7) is 0.221. The van der Waals surface area contributed by atoms with Gasteiger partial charge < -0.3 is 14.8 Å². The average molecular weight is 361 g/mol. The molecule has 4 nitrogen and oxygen atoms in total. The molecule has 0 aliphatic rings. The third-order valence-electron chi connectivity index (χ3n) is 3.69. The highest BCUT2D eigenvalue weighted by molar-refractivity contribution is 5.92. The Morgan fingerprint density at radius 1 is 1.04 bits per heavy atom. The van der Waals surface area contributed by atoms with Gasteiger partial charge in [0.1, 0.15) is 11.5 Å². The maximum absolute atomic E-state index is 12.8. The van der Waals surface area contributed by atoms with Crippen molar-refractivity contribution in [1.82, 2.24) is 5.32 Å². The second kappa shape index (κ2) is 6.95. The molecule has 0 atom stereocenters. The van der Waals surface area contributed by atoms with Gasteiger partial charge in [0.05, 0.1) is 5.56 Å². The number of phenolic OH excluding ortho intramolecular Hbond substituents is 1. The summed E-state index contributed by atoms with van der Waals surface area (Å²) in [6.07, 6.45) is -4.45. The molecule has 2 aromatic carbocycles. The minimum atomic E-state index is -4.45. The lowest BCUT2D eigenvalue weighted by Gasteiger charge is -2.07. The highest BCUT2D eigenvalue weighted by Crippen LogP contribution is 2.32. The molecule has 0 radical (unpaired) electrons. The molecule has 26 heavy (non-hydrogen) atoms. The van der Waals surface area contributed by atoms with E-state index in [-0.39, 0.29) is 29.4 Å². The van der Waals surface area contributed by atoms with Gasteiger partial charge in [-0.3, -0.25) is 4.79 Å². The van der Waals surface area contributed by atoms with E-state index in [0.29, 0.717) is 0 Å². The van der Waals surface area contributed by atoms with Gasteiger partial charge in [-0.25, -0.2) is 0 Å². The summed E-state index contributed by atoms with van der Waals surface area (Å²) in [5.74, 6) is -0.199. The monoisotopic (exact) mass is 361 g/mol. The fraction of sp³-hybridized carbons (Fsp3) is 0.105. The number of hydrogen-bond acceptors (Lipinski definition) is 3. The van der Waals surface area contributed by atoms with Crippen LogP contribution in [0.5, 0.6) is 5.75 Å². The van der Waals surface area contributed by atoms with Crippen molar-refractivity contribution in [3.8, 4) is 17.1 Å². The molecule has 134 valence electrons. The van der Waals surface area contributed by atoms with Gasteiger partial charge in [0.25, 0.3) is 5.91 Å². The predicted octanol–water partition coefficient (Wildman–Crippen LogP) is 4.60. The zero-order valence-electron chi connectivity index (χ0n) is 13.4. The summed E-state index contributed by atoms with van der Waals surface area (Å²) >= 11 is 0. The molecular weight excluding hydrogens is 347 g/mol. The van der Waals surface area contributed by atoms with Gasteiger partial charge in [-0.2, -0.15) is 13.2 Å². The second-order valence-corrected chi connectivity index (χ2v) is 5.59. The fourth-order valence-electron chi connectivity index (χ4n) is 2.35. The van der Waals surface area contributed by atoms with Crippen LogP contribution < -0.4 is 5.32 Å². The van der Waals surface area contributed by atoms with Crippen LogP contribution in [-0.4, -0.2) is 11.0 Å². The number of carbonyl (C=O) groups excluding carboxylic acids is 1. The van der Waals surface area contributed by atoms with Gasteiger partial charge in [-0.15, -0.1) is 0 Å². The van der Waals surface area contributed by atoms with E-state index in [0.717, 1.165) is 17.7 Å². The Bertz CT molecular complexity index is 914. The van der Waals surface area contributed by atoms with Crippen LogP contribution in [0.1, 0.15) is 21.7 Å². The second-order valence-electron chi connectivity index (χ2n) is 5.59. The molecule has 1 heterocycles. The van der Waals surface area contributed by atoms with Crippen LogP contribution in [0.25, 0.3) is 11.3 Å². The Balaban J connectivity index is 1.71. The maximum atomic E-state index is 12.8. The van der Waals surface area contributed by atoms with Crippen LogP contribution in [0.3, 0.4) is 0 Å². The number of carbonyl (C=O) groups is 1. The highest BCUT2D eigenvalue weighted by atomic mass is 19.4. The molecule has 1 amide bonds. The summed E-state index contributed by atoms with van der Waals surface area (Å²) in [5.41, 5.74) is 0.225. The lowest BCUT2D eigenvalue weighted by molar-refractivity contribution is -0.137. The van der Waals surface area contributed by atoms with Crippen molar-refractivity contribution in [3.05, 3.63) is 77.6 Å². The molecule has 0 bridgehead atoms. The standard InChI is InChI=1S/C19H14F3NO3/c20-19(21,22)14-3-1-2-13(10-14)16-8-9-17(26-16)18(25)23-11-12-4-6-15(24)7-5-12/h1-10,24H,11H2,(H,23,25). The first kappa shape index (κ1) is 17.6. The van der Waals surface area contributed by atoms with Crippen molar-refractivity contribution in [2.45, 2.75) is 12.7 Å². The molecule has 3 rings (SSSR count). The molecule has 1 aromatic heterocycles. The van der Waals surface area contributed by atoms with E-state index < -0.39 is 17.6 Å². The van der Waals surface area contributed by atoms with E-state index in [4.69, 9.17) is 4.42 Å². The van der Waals surface area contributed by atoms with E-state index in [2.05, 4.69) is 5.32 Å². The smallest absolute Gasteiger partial charge is 0.416 e. The number of nitrogens with one attached hydrogen (secondary N) is 1. The normalized spacial score (nSPS) is 11.3. The van der Waals surface area contributed by atoms with Gasteiger partial charge >= 0.3 is 6.18 Å². The average Bonchev–Trinajstić information content (AvgIpc) is 3.11. The fourth-order valence-corrected chi connectivity index (χ4v) is 2.35. The highest BCUT2D eigenvalue weighted by Gasteiger charge is 2.30. The molecule has 0 aliphatic heterocycles. The topological polar surface area (TPSA) is 62.5 Å². The van der Waals surface area contributed by atoms with Crippen LogP contribution in [0, 0.1) is 0 Å². The summed E-state index contributed by atoms with van der Waals surface area (Å²) in [4.78, 5) is 12.1. The molecule has 0 aliphatic carbocycles. The van der Waals surface area contributed by atoms with Crippen molar-refractivity contribution in [2.75, 3.05) is 0 Å². The number of phenols is 1. The molecule has 2 N–H and O–H groups in total. The lowest BCUT2D eigenvalue weighted by Crippen LogP contribution is -2.22. The first-order valence-electron chi connectivity index (χ1n) is 7.66. The lowest BCUT2D eigenvalue weighted by atomic mass is 10.1. The number of furan rings is 1. The van der Waals surface area contributed by atoms with Gasteiger partial charge in [-0.1, -0.05) is 24.3 Å². The molecule has 0 spiro atoms. The van der Waals surface area contributed by atoms with E-state index in [1.807, 2.05) is 0 Å². The Labute approximate surface area is 146 Å². The van der Waals surface area contributed by atoms with E-state index in [1.54, 1.807) is 12.1 Å². The molecule has 0 saturated carbocycles. The third kappa shape index (κ3) is 4.05. The number of aromatic hydroxyl groups is 1. The number of hydrogen-bond donors (Lipinski definition) is 2. The summed E-state index contributed by atoms with van der Waals surface area (Å²) in [7, 11) is 0. The number of rotatable bonds is 4. The van der Waals surface area contributed by atoms with Crippen LogP contribution in [0.15, 0.2) is 65.1 Å². The molecule has 0 unspecified atom stereocenters. The van der Waals surface area contributed by atoms with Gasteiger partial charge in [0, 0.05) is 12.1 Å². The van der Waals surface area contributed by atoms with E-state index >= 15 is 0 Å². The van der Waals surface area contributed by atoms with Crippen LogP contribution in [0.4, 0.5) is 13.2 Å². The molecule has 0 fully saturated rings. The van der Waals surface area contributed by atoms with Crippen molar-refractivity contribution in [3.63, 3.8) is 0 Å². The van der Waals surface area contributed by atoms with E-state index in [9.17, 15) is 23.1 Å². The van der Waals surface area contributed by atoms with E-state index in [1.165, 1.54) is 36.4 Å². The summed E-state index contributed by atoms with van der Waals surface area (Å²) < 4.78 is 43.8. The number of benzene rings is 2. The quantitative estimate of drug-likeness (QED) is 0.714. The molecule has 0 saturated heterocycles. The number of amides is 1. The van der Waals surface area contributed by atoms with Crippen molar-refractivity contribution in [1.29, 1.82) is 0 Å². The Hall–Kier alpha value is -3.22. The maximum Gasteiger partial charge on any atom is 0.416 e.